The second kappa shape index (κ2) is 8.68. The van der Waals surface area contributed by atoms with E-state index >= 15 is 0 Å². The number of anilines is 4. The molecule has 0 radical (unpaired) electrons. The third kappa shape index (κ3) is 4.79. The number of carbonyl (C=O) groups excluding carboxylic acids is 2. The minimum atomic E-state index is -3.62. The van der Waals surface area contributed by atoms with Crippen LogP contribution < -0.4 is 21.7 Å². The number of hydrogen-bond acceptors (Lipinski definition) is 9. The lowest BCUT2D eigenvalue weighted by Gasteiger charge is -2.16. The molecular weight excluding hydrogens is 420 g/mol. The van der Waals surface area contributed by atoms with Gasteiger partial charge in [-0.15, -0.1) is 10.2 Å². The molecule has 3 rings (SSSR count). The van der Waals surface area contributed by atoms with Crippen molar-refractivity contribution in [1.29, 1.82) is 0 Å². The van der Waals surface area contributed by atoms with Crippen LogP contribution in [-0.4, -0.2) is 51.4 Å². The minimum Gasteiger partial charge on any atom is -0.383 e. The molecule has 0 aliphatic heterocycles. The van der Waals surface area contributed by atoms with Crippen molar-refractivity contribution in [3.05, 3.63) is 30.0 Å². The summed E-state index contributed by atoms with van der Waals surface area (Å²) < 4.78 is 61.0. The maximum atomic E-state index is 13.4. The normalized spacial score (nSPS) is 18.5. The molecule has 11 nitrogen and oxygen atoms in total. The molecule has 2 heterocycles. The Morgan fingerprint density at radius 3 is 2.81 bits per heavy atom. The average Bonchev–Trinajstić information content (AvgIpc) is 3.56. The van der Waals surface area contributed by atoms with Gasteiger partial charge in [-0.1, -0.05) is 12.7 Å². The molecule has 164 valence electrons. The van der Waals surface area contributed by atoms with Crippen LogP contribution in [0.15, 0.2) is 28.0 Å². The highest BCUT2D eigenvalue weighted by Crippen LogP contribution is 2.32. The van der Waals surface area contributed by atoms with Gasteiger partial charge in [-0.05, 0) is 18.9 Å². The van der Waals surface area contributed by atoms with Crippen molar-refractivity contribution in [2.24, 2.45) is 10.3 Å². The summed E-state index contributed by atoms with van der Waals surface area (Å²) in [6, 6.07) is 2.48. The van der Waals surface area contributed by atoms with E-state index in [1.165, 1.54) is 18.2 Å². The quantitative estimate of drug-likeness (QED) is 0.494. The van der Waals surface area contributed by atoms with E-state index in [-0.39, 0.29) is 45.4 Å². The van der Waals surface area contributed by atoms with Crippen molar-refractivity contribution in [1.82, 2.24) is 20.5 Å². The maximum absolute atomic E-state index is 13.4. The topological polar surface area (TPSA) is 164 Å². The zero-order chi connectivity index (χ0) is 27.8. The number of nitrogens with two attached hydrogens (primary N) is 1. The number of nitrogens with one attached hydrogen (secondary N) is 3. The molecule has 31 heavy (non-hydrogen) atoms. The molecule has 2 amide bonds. The predicted octanol–water partition coefficient (Wildman–Crippen LogP) is 1.64. The van der Waals surface area contributed by atoms with Crippen LogP contribution in [0.25, 0.3) is 6.08 Å². The molecule has 12 heteroatoms. The molecule has 5 N–H and O–H groups in total. The molecule has 1 atom stereocenters. The Kier molecular flexibility index (Phi) is 4.28. The number of nitrogen functional groups attached to an aromatic ring is 1. The molecule has 1 saturated carbocycles. The molecule has 1 aliphatic rings. The minimum absolute atomic E-state index is 0.0634. The van der Waals surface area contributed by atoms with Crippen LogP contribution >= 0.6 is 0 Å². The lowest BCUT2D eigenvalue weighted by atomic mass is 10.2. The van der Waals surface area contributed by atoms with Gasteiger partial charge in [0.25, 0.3) is 5.91 Å². The van der Waals surface area contributed by atoms with Crippen LogP contribution in [0.4, 0.5) is 23.1 Å². The van der Waals surface area contributed by atoms with E-state index in [1.807, 2.05) is 0 Å². The van der Waals surface area contributed by atoms with Crippen molar-refractivity contribution in [2.45, 2.75) is 17.7 Å². The van der Waals surface area contributed by atoms with Crippen molar-refractivity contribution in [2.75, 3.05) is 36.6 Å². The Morgan fingerprint density at radius 2 is 2.16 bits per heavy atom. The number of rotatable bonds is 7. The highest BCUT2D eigenvalue weighted by Gasteiger charge is 2.30. The van der Waals surface area contributed by atoms with Crippen molar-refractivity contribution >= 4 is 50.8 Å². The smallest absolute Gasteiger partial charge is 0.273 e. The summed E-state index contributed by atoms with van der Waals surface area (Å²) >= 11 is 0. The largest absolute Gasteiger partial charge is 0.383 e. The zero-order valence-corrected chi connectivity index (χ0v) is 17.2. The summed E-state index contributed by atoms with van der Waals surface area (Å²) in [6.45, 7) is -2.18. The lowest BCUT2D eigenvalue weighted by molar-refractivity contribution is -0.117. The van der Waals surface area contributed by atoms with Crippen LogP contribution in [0.5, 0.6) is 0 Å². The molecule has 0 spiro atoms. The summed E-state index contributed by atoms with van der Waals surface area (Å²) in [6.07, 6.45) is 3.82. The standard InChI is InChI=1S/C19H24N8O3S/c1-5-10-8-13(31(4,30)22-3)17(25-16(10)20)23-12-9-14(24-18(28)11-6-7-11)26-27-15(12)19(29)21-2/h5,8-9,11H,1,6-7H2,2-4H3,(H,21,29)(H4,20,23,24,25,26,28)/t31-/m1/s1/i2D3,3D3. The molecule has 2 aromatic heterocycles. The summed E-state index contributed by atoms with van der Waals surface area (Å²) in [5, 5.41) is 14.6. The van der Waals surface area contributed by atoms with Gasteiger partial charge >= 0.3 is 0 Å². The van der Waals surface area contributed by atoms with Gasteiger partial charge in [0.2, 0.25) is 5.91 Å². The predicted molar refractivity (Wildman–Crippen MR) is 119 cm³/mol. The van der Waals surface area contributed by atoms with Crippen LogP contribution in [0.1, 0.15) is 37.1 Å². The van der Waals surface area contributed by atoms with Gasteiger partial charge in [-0.2, -0.15) is 0 Å². The van der Waals surface area contributed by atoms with E-state index in [2.05, 4.69) is 36.8 Å². The maximum Gasteiger partial charge on any atom is 0.273 e. The lowest BCUT2D eigenvalue weighted by Crippen LogP contribution is -2.23. The van der Waals surface area contributed by atoms with Crippen LogP contribution in [0.2, 0.25) is 0 Å². The number of pyridine rings is 1. The first-order valence-electron chi connectivity index (χ1n) is 11.9. The fraction of sp³-hybridized carbons (Fsp3) is 0.316. The summed E-state index contributed by atoms with van der Waals surface area (Å²) in [5.74, 6) is -2.03. The number of hydrogen-bond donors (Lipinski definition) is 4. The van der Waals surface area contributed by atoms with Gasteiger partial charge in [0, 0.05) is 46.0 Å². The van der Waals surface area contributed by atoms with Gasteiger partial charge in [-0.3, -0.25) is 9.59 Å². The SMILES string of the molecule is [2H]C([2H])([2H])N=[S@](C)(=O)c1cc(C=C)c(N)nc1Nc1cc(NC(=O)C2CC2)nnc1C(=O)NC([2H])([2H])[2H]. The number of nitrogens with zero attached hydrogens (tertiary/aromatic N) is 4. The molecule has 0 bridgehead atoms. The van der Waals surface area contributed by atoms with E-state index in [0.29, 0.717) is 12.8 Å². The highest BCUT2D eigenvalue weighted by atomic mass is 32.2. The molecule has 2 aromatic rings. The monoisotopic (exact) mass is 450 g/mol. The van der Waals surface area contributed by atoms with E-state index in [1.54, 1.807) is 5.32 Å². The van der Waals surface area contributed by atoms with E-state index in [0.717, 1.165) is 6.26 Å². The average molecular weight is 451 g/mol. The zero-order valence-electron chi connectivity index (χ0n) is 22.4. The number of amides is 2. The highest BCUT2D eigenvalue weighted by molar-refractivity contribution is 7.93. The van der Waals surface area contributed by atoms with Crippen molar-refractivity contribution in [3.8, 4) is 0 Å². The van der Waals surface area contributed by atoms with Gasteiger partial charge in [0.1, 0.15) is 11.6 Å². The van der Waals surface area contributed by atoms with E-state index < -0.39 is 35.3 Å². The molecule has 0 saturated heterocycles. The summed E-state index contributed by atoms with van der Waals surface area (Å²) in [4.78, 5) is 28.8. The second-order valence-electron chi connectivity index (χ2n) is 6.74. The molecule has 0 unspecified atom stereocenters. The molecule has 1 aliphatic carbocycles. The van der Waals surface area contributed by atoms with Gasteiger partial charge in [0.15, 0.2) is 11.5 Å². The Morgan fingerprint density at radius 1 is 1.39 bits per heavy atom. The summed E-state index contributed by atoms with van der Waals surface area (Å²) in [7, 11) is -3.62. The first-order chi connectivity index (χ1) is 17.0. The third-order valence-electron chi connectivity index (χ3n) is 4.43. The van der Waals surface area contributed by atoms with Crippen LogP contribution in [0, 0.1) is 5.92 Å². The third-order valence-corrected chi connectivity index (χ3v) is 5.90. The van der Waals surface area contributed by atoms with Crippen LogP contribution in [0.3, 0.4) is 0 Å². The van der Waals surface area contributed by atoms with Crippen LogP contribution in [-0.2, 0) is 14.5 Å². The van der Waals surface area contributed by atoms with Gasteiger partial charge < -0.3 is 21.7 Å². The Hall–Kier alpha value is -3.54. The Bertz CT molecular complexity index is 1380. The second-order valence-corrected chi connectivity index (χ2v) is 8.97. The molecule has 0 aromatic carbocycles. The van der Waals surface area contributed by atoms with Gasteiger partial charge in [-0.25, -0.2) is 13.6 Å². The first kappa shape index (κ1) is 15.3. The number of aromatic nitrogens is 3. The Balaban J connectivity index is 2.16. The van der Waals surface area contributed by atoms with Crippen molar-refractivity contribution in [3.63, 3.8) is 0 Å². The molecule has 1 fully saturated rings. The first-order valence-corrected chi connectivity index (χ1v) is 10.9. The van der Waals surface area contributed by atoms with E-state index in [9.17, 15) is 13.8 Å². The Labute approximate surface area is 188 Å². The molecular formula is C19H24N8O3S. The number of carbonyl (C=O) groups is 2. The van der Waals surface area contributed by atoms with Gasteiger partial charge in [0.05, 0.1) is 20.3 Å². The fourth-order valence-electron chi connectivity index (χ4n) is 2.59. The van der Waals surface area contributed by atoms with Crippen molar-refractivity contribution < 1.29 is 22.0 Å². The fourth-order valence-corrected chi connectivity index (χ4v) is 3.49. The summed E-state index contributed by atoms with van der Waals surface area (Å²) in [5.41, 5.74) is 5.49. The van der Waals surface area contributed by atoms with E-state index in [4.69, 9.17) is 14.0 Å².